The molecule has 1 aliphatic rings. The first-order valence-corrected chi connectivity index (χ1v) is 5.06. The van der Waals surface area contributed by atoms with Crippen molar-refractivity contribution in [2.75, 3.05) is 13.1 Å². The van der Waals surface area contributed by atoms with E-state index in [1.807, 2.05) is 0 Å². The lowest BCUT2D eigenvalue weighted by Gasteiger charge is -2.36. The summed E-state index contributed by atoms with van der Waals surface area (Å²) in [5, 5.41) is 0. The van der Waals surface area contributed by atoms with E-state index in [-0.39, 0.29) is 5.66 Å². The Bertz CT molecular complexity index is 135. The summed E-state index contributed by atoms with van der Waals surface area (Å²) in [5.74, 6) is 0.695. The van der Waals surface area contributed by atoms with Crippen molar-refractivity contribution in [3.8, 4) is 0 Å². The van der Waals surface area contributed by atoms with Gasteiger partial charge in [-0.15, -0.1) is 0 Å². The van der Waals surface area contributed by atoms with E-state index < -0.39 is 0 Å². The van der Waals surface area contributed by atoms with Crippen LogP contribution in [0, 0.1) is 5.92 Å². The van der Waals surface area contributed by atoms with Gasteiger partial charge in [0.15, 0.2) is 0 Å². The summed E-state index contributed by atoms with van der Waals surface area (Å²) in [5.41, 5.74) is 6.18. The van der Waals surface area contributed by atoms with Crippen molar-refractivity contribution >= 4 is 0 Å². The van der Waals surface area contributed by atoms with Crippen LogP contribution in [0.5, 0.6) is 0 Å². The molecule has 0 bridgehead atoms. The van der Waals surface area contributed by atoms with Crippen molar-refractivity contribution in [2.45, 2.75) is 45.7 Å². The minimum atomic E-state index is -0.0648. The normalized spacial score (nSPS) is 24.8. The summed E-state index contributed by atoms with van der Waals surface area (Å²) >= 11 is 0. The van der Waals surface area contributed by atoms with Gasteiger partial charge < -0.3 is 5.73 Å². The molecule has 0 amide bonds. The molecule has 0 radical (unpaired) electrons. The molecule has 1 atom stereocenters. The molecule has 2 heteroatoms. The van der Waals surface area contributed by atoms with E-state index in [2.05, 4.69) is 25.7 Å². The third-order valence-corrected chi connectivity index (χ3v) is 2.65. The molecule has 0 aromatic heterocycles. The number of likely N-dealkylation sites (tertiary alicyclic amines) is 1. The van der Waals surface area contributed by atoms with E-state index in [9.17, 15) is 0 Å². The highest BCUT2D eigenvalue weighted by molar-refractivity contribution is 4.83. The van der Waals surface area contributed by atoms with E-state index in [0.717, 1.165) is 6.42 Å². The molecule has 1 aliphatic heterocycles. The Morgan fingerprint density at radius 3 is 2.25 bits per heavy atom. The van der Waals surface area contributed by atoms with Gasteiger partial charge in [-0.1, -0.05) is 13.8 Å². The third kappa shape index (κ3) is 2.46. The molecule has 0 spiro atoms. The highest BCUT2D eigenvalue weighted by atomic mass is 15.3. The molecule has 0 aromatic carbocycles. The Kier molecular flexibility index (Phi) is 3.13. The molecule has 12 heavy (non-hydrogen) atoms. The van der Waals surface area contributed by atoms with Crippen LogP contribution < -0.4 is 5.73 Å². The zero-order valence-electron chi connectivity index (χ0n) is 8.64. The zero-order valence-corrected chi connectivity index (χ0v) is 8.64. The third-order valence-electron chi connectivity index (χ3n) is 2.65. The standard InChI is InChI=1S/C10H22N2/c1-9(2)8-10(3,11)12-6-4-5-7-12/h9H,4-8,11H2,1-3H3. The lowest BCUT2D eigenvalue weighted by atomic mass is 9.98. The van der Waals surface area contributed by atoms with E-state index in [1.165, 1.54) is 25.9 Å². The van der Waals surface area contributed by atoms with Crippen LogP contribution in [0.15, 0.2) is 0 Å². The first-order valence-electron chi connectivity index (χ1n) is 5.06. The van der Waals surface area contributed by atoms with Crippen molar-refractivity contribution in [3.05, 3.63) is 0 Å². The molecule has 0 aromatic rings. The van der Waals surface area contributed by atoms with Gasteiger partial charge in [-0.2, -0.15) is 0 Å². The number of hydrogen-bond acceptors (Lipinski definition) is 2. The second kappa shape index (κ2) is 3.75. The van der Waals surface area contributed by atoms with Crippen molar-refractivity contribution in [2.24, 2.45) is 11.7 Å². The number of rotatable bonds is 3. The first kappa shape index (κ1) is 10.0. The first-order chi connectivity index (χ1) is 5.52. The largest absolute Gasteiger partial charge is 0.313 e. The molecule has 2 N–H and O–H groups in total. The monoisotopic (exact) mass is 170 g/mol. The Labute approximate surface area is 76.1 Å². The average molecular weight is 170 g/mol. The fourth-order valence-electron chi connectivity index (χ4n) is 2.18. The van der Waals surface area contributed by atoms with E-state index in [1.54, 1.807) is 0 Å². The number of nitrogens with two attached hydrogens (primary N) is 1. The van der Waals surface area contributed by atoms with Gasteiger partial charge in [0.2, 0.25) is 0 Å². The molecule has 1 unspecified atom stereocenters. The predicted molar refractivity (Wildman–Crippen MR) is 52.9 cm³/mol. The van der Waals surface area contributed by atoms with Crippen molar-refractivity contribution in [1.29, 1.82) is 0 Å². The van der Waals surface area contributed by atoms with Gasteiger partial charge in [-0.05, 0) is 45.2 Å². The van der Waals surface area contributed by atoms with Gasteiger partial charge in [0.25, 0.3) is 0 Å². The highest BCUT2D eigenvalue weighted by Gasteiger charge is 2.29. The van der Waals surface area contributed by atoms with Gasteiger partial charge in [0.1, 0.15) is 0 Å². The molecule has 1 saturated heterocycles. The molecular weight excluding hydrogens is 148 g/mol. The maximum atomic E-state index is 6.25. The summed E-state index contributed by atoms with van der Waals surface area (Å²) in [6.07, 6.45) is 3.75. The number of nitrogens with zero attached hydrogens (tertiary/aromatic N) is 1. The highest BCUT2D eigenvalue weighted by Crippen LogP contribution is 2.22. The molecule has 0 aliphatic carbocycles. The number of hydrogen-bond donors (Lipinski definition) is 1. The van der Waals surface area contributed by atoms with Crippen LogP contribution in [0.3, 0.4) is 0 Å². The summed E-state index contributed by atoms with van der Waals surface area (Å²) in [6, 6.07) is 0. The van der Waals surface area contributed by atoms with Crippen LogP contribution in [0.25, 0.3) is 0 Å². The van der Waals surface area contributed by atoms with Crippen molar-refractivity contribution < 1.29 is 0 Å². The summed E-state index contributed by atoms with van der Waals surface area (Å²) in [6.45, 7) is 9.03. The molecule has 72 valence electrons. The van der Waals surface area contributed by atoms with Crippen LogP contribution in [0.4, 0.5) is 0 Å². The van der Waals surface area contributed by atoms with Crippen molar-refractivity contribution in [1.82, 2.24) is 4.90 Å². The van der Waals surface area contributed by atoms with Crippen LogP contribution in [0.2, 0.25) is 0 Å². The molecule has 2 nitrogen and oxygen atoms in total. The maximum Gasteiger partial charge on any atom is 0.0660 e. The lowest BCUT2D eigenvalue weighted by Crippen LogP contribution is -2.53. The minimum absolute atomic E-state index is 0.0648. The van der Waals surface area contributed by atoms with Crippen LogP contribution in [0.1, 0.15) is 40.0 Å². The molecular formula is C10H22N2. The topological polar surface area (TPSA) is 29.3 Å². The lowest BCUT2D eigenvalue weighted by molar-refractivity contribution is 0.116. The van der Waals surface area contributed by atoms with Crippen LogP contribution in [-0.2, 0) is 0 Å². The zero-order chi connectivity index (χ0) is 9.19. The van der Waals surface area contributed by atoms with E-state index >= 15 is 0 Å². The second-order valence-electron chi connectivity index (χ2n) is 4.65. The maximum absolute atomic E-state index is 6.25. The van der Waals surface area contributed by atoms with Crippen LogP contribution in [-0.4, -0.2) is 23.7 Å². The van der Waals surface area contributed by atoms with Gasteiger partial charge in [0, 0.05) is 0 Å². The fourth-order valence-corrected chi connectivity index (χ4v) is 2.18. The Morgan fingerprint density at radius 1 is 1.33 bits per heavy atom. The van der Waals surface area contributed by atoms with Crippen LogP contribution >= 0.6 is 0 Å². The van der Waals surface area contributed by atoms with Gasteiger partial charge in [-0.3, -0.25) is 4.90 Å². The SMILES string of the molecule is CC(C)CC(C)(N)N1CCCC1. The van der Waals surface area contributed by atoms with E-state index in [0.29, 0.717) is 5.92 Å². The minimum Gasteiger partial charge on any atom is -0.313 e. The summed E-state index contributed by atoms with van der Waals surface area (Å²) < 4.78 is 0. The Balaban J connectivity index is 2.45. The Morgan fingerprint density at radius 2 is 1.83 bits per heavy atom. The van der Waals surface area contributed by atoms with Gasteiger partial charge >= 0.3 is 0 Å². The molecule has 1 heterocycles. The molecule has 1 rings (SSSR count). The predicted octanol–water partition coefficient (Wildman–Crippen LogP) is 1.80. The summed E-state index contributed by atoms with van der Waals surface area (Å²) in [4.78, 5) is 2.42. The molecule has 0 saturated carbocycles. The quantitative estimate of drug-likeness (QED) is 0.700. The average Bonchev–Trinajstić information content (AvgIpc) is 2.32. The molecule has 1 fully saturated rings. The summed E-state index contributed by atoms with van der Waals surface area (Å²) in [7, 11) is 0. The second-order valence-corrected chi connectivity index (χ2v) is 4.65. The van der Waals surface area contributed by atoms with Gasteiger partial charge in [0.05, 0.1) is 5.66 Å². The van der Waals surface area contributed by atoms with Gasteiger partial charge in [-0.25, -0.2) is 0 Å². The van der Waals surface area contributed by atoms with E-state index in [4.69, 9.17) is 5.73 Å². The van der Waals surface area contributed by atoms with Crippen molar-refractivity contribution in [3.63, 3.8) is 0 Å². The smallest absolute Gasteiger partial charge is 0.0660 e. The Hall–Kier alpha value is -0.0800. The fraction of sp³-hybridized carbons (Fsp3) is 1.00.